The fourth-order valence-corrected chi connectivity index (χ4v) is 3.10. The number of aromatic nitrogens is 5. The van der Waals surface area contributed by atoms with E-state index in [0.717, 1.165) is 0 Å². The summed E-state index contributed by atoms with van der Waals surface area (Å²) in [5.41, 5.74) is 2.63. The molecular formula is C19H17ClN6O2. The molecule has 0 aliphatic heterocycles. The van der Waals surface area contributed by atoms with Gasteiger partial charge in [0.25, 0.3) is 5.91 Å². The summed E-state index contributed by atoms with van der Waals surface area (Å²) in [4.78, 5) is 17.1. The van der Waals surface area contributed by atoms with Crippen LogP contribution in [0.2, 0.25) is 5.02 Å². The van der Waals surface area contributed by atoms with Crippen LogP contribution in [0.25, 0.3) is 16.9 Å². The van der Waals surface area contributed by atoms with Gasteiger partial charge in [-0.25, -0.2) is 9.50 Å². The summed E-state index contributed by atoms with van der Waals surface area (Å²) in [5, 5.41) is 12.1. The standard InChI is InChI=1S/C19H17ClN6O2/c1-3-28-16-6-5-12(20)9-13(16)17-15(11-25(2)24-17)23-19(27)14-10-22-26-8-4-7-21-18(14)26/h4-11H,3H2,1-2H3,(H,23,27). The van der Waals surface area contributed by atoms with Gasteiger partial charge >= 0.3 is 0 Å². The van der Waals surface area contributed by atoms with Crippen LogP contribution in [0, 0.1) is 0 Å². The predicted molar refractivity (Wildman–Crippen MR) is 106 cm³/mol. The first kappa shape index (κ1) is 18.0. The number of carbonyl (C=O) groups is 1. The normalized spacial score (nSPS) is 11.0. The van der Waals surface area contributed by atoms with Gasteiger partial charge in [-0.05, 0) is 31.2 Å². The summed E-state index contributed by atoms with van der Waals surface area (Å²) in [7, 11) is 1.78. The van der Waals surface area contributed by atoms with E-state index in [1.54, 1.807) is 59.1 Å². The van der Waals surface area contributed by atoms with Crippen molar-refractivity contribution in [2.45, 2.75) is 6.92 Å². The smallest absolute Gasteiger partial charge is 0.261 e. The number of nitrogens with one attached hydrogen (secondary N) is 1. The first-order chi connectivity index (χ1) is 13.6. The molecule has 0 saturated heterocycles. The van der Waals surface area contributed by atoms with Gasteiger partial charge < -0.3 is 10.1 Å². The summed E-state index contributed by atoms with van der Waals surface area (Å²) in [6.45, 7) is 2.40. The van der Waals surface area contributed by atoms with Gasteiger partial charge in [-0.1, -0.05) is 11.6 Å². The van der Waals surface area contributed by atoms with Crippen molar-refractivity contribution >= 4 is 28.8 Å². The Morgan fingerprint density at radius 2 is 2.21 bits per heavy atom. The number of fused-ring (bicyclic) bond motifs is 1. The van der Waals surface area contributed by atoms with E-state index in [4.69, 9.17) is 16.3 Å². The molecule has 0 aliphatic rings. The molecule has 142 valence electrons. The molecule has 0 aliphatic carbocycles. The zero-order valence-electron chi connectivity index (χ0n) is 15.3. The maximum atomic E-state index is 12.9. The van der Waals surface area contributed by atoms with E-state index in [1.807, 2.05) is 6.92 Å². The highest BCUT2D eigenvalue weighted by Gasteiger charge is 2.20. The number of benzene rings is 1. The van der Waals surface area contributed by atoms with Crippen LogP contribution in [0.1, 0.15) is 17.3 Å². The molecule has 0 fully saturated rings. The first-order valence-electron chi connectivity index (χ1n) is 8.63. The molecule has 4 aromatic rings. The second-order valence-corrected chi connectivity index (χ2v) is 6.48. The molecule has 0 spiro atoms. The predicted octanol–water partition coefficient (Wildman–Crippen LogP) is 3.43. The molecule has 8 nitrogen and oxygen atoms in total. The number of nitrogens with zero attached hydrogens (tertiary/aromatic N) is 5. The SMILES string of the molecule is CCOc1ccc(Cl)cc1-c1nn(C)cc1NC(=O)c1cnn2cccnc12. The van der Waals surface area contributed by atoms with Crippen molar-refractivity contribution in [3.63, 3.8) is 0 Å². The molecular weight excluding hydrogens is 380 g/mol. The summed E-state index contributed by atoms with van der Waals surface area (Å²) in [6.07, 6.45) is 6.56. The lowest BCUT2D eigenvalue weighted by molar-refractivity contribution is 0.102. The molecule has 3 aromatic heterocycles. The van der Waals surface area contributed by atoms with E-state index in [2.05, 4.69) is 20.5 Å². The molecule has 0 atom stereocenters. The molecule has 28 heavy (non-hydrogen) atoms. The number of hydrogen-bond acceptors (Lipinski definition) is 5. The number of halogens is 1. The Labute approximate surface area is 165 Å². The third-order valence-electron chi connectivity index (χ3n) is 4.10. The number of aryl methyl sites for hydroxylation is 1. The number of amides is 1. The van der Waals surface area contributed by atoms with Crippen molar-refractivity contribution in [2.75, 3.05) is 11.9 Å². The van der Waals surface area contributed by atoms with Crippen LogP contribution in [0.4, 0.5) is 5.69 Å². The van der Waals surface area contributed by atoms with Crippen LogP contribution in [-0.2, 0) is 7.05 Å². The lowest BCUT2D eigenvalue weighted by Gasteiger charge is -2.11. The van der Waals surface area contributed by atoms with Crippen molar-refractivity contribution in [2.24, 2.45) is 7.05 Å². The van der Waals surface area contributed by atoms with Crippen molar-refractivity contribution in [3.05, 3.63) is 59.6 Å². The largest absolute Gasteiger partial charge is 0.493 e. The highest BCUT2D eigenvalue weighted by Crippen LogP contribution is 2.36. The van der Waals surface area contributed by atoms with Crippen LogP contribution in [0.15, 0.2) is 49.1 Å². The minimum absolute atomic E-state index is 0.331. The van der Waals surface area contributed by atoms with E-state index in [9.17, 15) is 4.79 Å². The average molecular weight is 397 g/mol. The maximum Gasteiger partial charge on any atom is 0.261 e. The quantitative estimate of drug-likeness (QED) is 0.558. The van der Waals surface area contributed by atoms with Gasteiger partial charge in [0.05, 0.1) is 18.5 Å². The Kier molecular flexibility index (Phi) is 4.70. The fourth-order valence-electron chi connectivity index (χ4n) is 2.92. The van der Waals surface area contributed by atoms with E-state index < -0.39 is 0 Å². The Morgan fingerprint density at radius 1 is 1.36 bits per heavy atom. The van der Waals surface area contributed by atoms with Gasteiger partial charge in [0, 0.05) is 36.2 Å². The number of ether oxygens (including phenoxy) is 1. The molecule has 0 bridgehead atoms. The monoisotopic (exact) mass is 396 g/mol. The third kappa shape index (κ3) is 3.29. The molecule has 0 radical (unpaired) electrons. The van der Waals surface area contributed by atoms with Crippen LogP contribution < -0.4 is 10.1 Å². The van der Waals surface area contributed by atoms with Crippen molar-refractivity contribution in [1.82, 2.24) is 24.4 Å². The zero-order valence-corrected chi connectivity index (χ0v) is 16.0. The van der Waals surface area contributed by atoms with Gasteiger partial charge in [-0.3, -0.25) is 9.48 Å². The molecule has 1 amide bonds. The van der Waals surface area contributed by atoms with Crippen molar-refractivity contribution < 1.29 is 9.53 Å². The molecule has 9 heteroatoms. The van der Waals surface area contributed by atoms with Crippen LogP contribution in [0.5, 0.6) is 5.75 Å². The zero-order chi connectivity index (χ0) is 19.7. The maximum absolute atomic E-state index is 12.9. The second-order valence-electron chi connectivity index (χ2n) is 6.04. The van der Waals surface area contributed by atoms with Crippen molar-refractivity contribution in [3.8, 4) is 17.0 Å². The van der Waals surface area contributed by atoms with Gasteiger partial charge in [0.1, 0.15) is 17.0 Å². The summed E-state index contributed by atoms with van der Waals surface area (Å²) < 4.78 is 8.87. The van der Waals surface area contributed by atoms with E-state index in [-0.39, 0.29) is 5.91 Å². The van der Waals surface area contributed by atoms with Crippen LogP contribution in [0.3, 0.4) is 0 Å². The molecule has 1 aromatic carbocycles. The number of hydrogen-bond donors (Lipinski definition) is 1. The third-order valence-corrected chi connectivity index (χ3v) is 4.33. The lowest BCUT2D eigenvalue weighted by Crippen LogP contribution is -2.12. The second kappa shape index (κ2) is 7.32. The number of rotatable bonds is 5. The van der Waals surface area contributed by atoms with Gasteiger partial charge in [0.15, 0.2) is 5.65 Å². The summed E-state index contributed by atoms with van der Waals surface area (Å²) in [6, 6.07) is 7.05. The number of carbonyl (C=O) groups excluding carboxylic acids is 1. The molecule has 0 saturated carbocycles. The van der Waals surface area contributed by atoms with Gasteiger partial charge in [-0.2, -0.15) is 10.2 Å². The Hall–Kier alpha value is -3.39. The van der Waals surface area contributed by atoms with E-state index in [1.165, 1.54) is 6.20 Å². The Bertz CT molecular complexity index is 1170. The Balaban J connectivity index is 1.73. The van der Waals surface area contributed by atoms with Gasteiger partial charge in [-0.15, -0.1) is 0 Å². The van der Waals surface area contributed by atoms with E-state index >= 15 is 0 Å². The summed E-state index contributed by atoms with van der Waals surface area (Å²) in [5.74, 6) is 0.307. The average Bonchev–Trinajstić information content (AvgIpc) is 3.26. The highest BCUT2D eigenvalue weighted by atomic mass is 35.5. The van der Waals surface area contributed by atoms with Crippen LogP contribution in [-0.4, -0.2) is 36.9 Å². The highest BCUT2D eigenvalue weighted by molar-refractivity contribution is 6.31. The Morgan fingerprint density at radius 3 is 3.04 bits per heavy atom. The number of anilines is 1. The fraction of sp³-hybridized carbons (Fsp3) is 0.158. The lowest BCUT2D eigenvalue weighted by atomic mass is 10.1. The first-order valence-corrected chi connectivity index (χ1v) is 9.00. The molecule has 0 unspecified atom stereocenters. The molecule has 4 rings (SSSR count). The molecule has 1 N–H and O–H groups in total. The molecule has 3 heterocycles. The van der Waals surface area contributed by atoms with E-state index in [0.29, 0.717) is 45.5 Å². The minimum Gasteiger partial charge on any atom is -0.493 e. The van der Waals surface area contributed by atoms with Crippen molar-refractivity contribution in [1.29, 1.82) is 0 Å². The summed E-state index contributed by atoms with van der Waals surface area (Å²) >= 11 is 6.18. The van der Waals surface area contributed by atoms with Gasteiger partial charge in [0.2, 0.25) is 0 Å². The minimum atomic E-state index is -0.331. The topological polar surface area (TPSA) is 86.3 Å². The van der Waals surface area contributed by atoms with Crippen LogP contribution >= 0.6 is 11.6 Å².